The maximum Gasteiger partial charge on any atom is 0.264 e. The van der Waals surface area contributed by atoms with Crippen LogP contribution in [0, 0.1) is 0 Å². The van der Waals surface area contributed by atoms with Crippen LogP contribution in [0.15, 0.2) is 83.8 Å². The summed E-state index contributed by atoms with van der Waals surface area (Å²) in [6.07, 6.45) is 1.10. The summed E-state index contributed by atoms with van der Waals surface area (Å²) in [6.45, 7) is 3.85. The van der Waals surface area contributed by atoms with E-state index in [-0.39, 0.29) is 23.0 Å². The summed E-state index contributed by atoms with van der Waals surface area (Å²) >= 11 is 12.2. The average Bonchev–Trinajstić information content (AvgIpc) is 2.91. The molecule has 202 valence electrons. The minimum atomic E-state index is -4.19. The van der Waals surface area contributed by atoms with Gasteiger partial charge in [-0.1, -0.05) is 73.4 Å². The molecule has 2 amide bonds. The van der Waals surface area contributed by atoms with Gasteiger partial charge in [0.05, 0.1) is 10.6 Å². The Labute approximate surface area is 234 Å². The number of sulfonamides is 1. The van der Waals surface area contributed by atoms with E-state index in [4.69, 9.17) is 23.2 Å². The van der Waals surface area contributed by atoms with Gasteiger partial charge in [0.15, 0.2) is 0 Å². The number of benzene rings is 3. The third-order valence-corrected chi connectivity index (χ3v) is 8.18. The lowest BCUT2D eigenvalue weighted by Crippen LogP contribution is -2.52. The number of hydrogen-bond donors (Lipinski definition) is 1. The summed E-state index contributed by atoms with van der Waals surface area (Å²) in [7, 11) is -4.19. The lowest BCUT2D eigenvalue weighted by Gasteiger charge is -2.33. The quantitative estimate of drug-likeness (QED) is 0.308. The van der Waals surface area contributed by atoms with Crippen molar-refractivity contribution in [3.63, 3.8) is 0 Å². The van der Waals surface area contributed by atoms with E-state index in [1.54, 1.807) is 18.2 Å². The van der Waals surface area contributed by atoms with E-state index in [1.165, 1.54) is 35.2 Å². The molecule has 0 radical (unpaired) electrons. The molecule has 1 atom stereocenters. The molecule has 7 nitrogen and oxygen atoms in total. The summed E-state index contributed by atoms with van der Waals surface area (Å²) in [5, 5.41) is 3.56. The third-order valence-electron chi connectivity index (χ3n) is 5.91. The highest BCUT2D eigenvalue weighted by atomic mass is 35.5. The molecule has 1 N–H and O–H groups in total. The van der Waals surface area contributed by atoms with Crippen molar-refractivity contribution in [3.8, 4) is 0 Å². The van der Waals surface area contributed by atoms with E-state index in [9.17, 15) is 18.0 Å². The van der Waals surface area contributed by atoms with Gasteiger partial charge in [-0.15, -0.1) is 0 Å². The van der Waals surface area contributed by atoms with Crippen molar-refractivity contribution in [2.24, 2.45) is 0 Å². The van der Waals surface area contributed by atoms with Gasteiger partial charge in [-0.25, -0.2) is 8.42 Å². The van der Waals surface area contributed by atoms with Crippen molar-refractivity contribution < 1.29 is 18.0 Å². The van der Waals surface area contributed by atoms with Gasteiger partial charge in [-0.3, -0.25) is 13.9 Å². The number of carbonyl (C=O) groups excluding carboxylic acids is 2. The Bertz CT molecular complexity index is 1340. The van der Waals surface area contributed by atoms with Crippen LogP contribution in [0.2, 0.25) is 10.0 Å². The summed E-state index contributed by atoms with van der Waals surface area (Å²) < 4.78 is 28.6. The molecule has 0 heterocycles. The first-order chi connectivity index (χ1) is 18.2. The molecule has 0 saturated carbocycles. The van der Waals surface area contributed by atoms with Gasteiger partial charge in [0.2, 0.25) is 11.8 Å². The third kappa shape index (κ3) is 7.49. The smallest absolute Gasteiger partial charge is 0.264 e. The van der Waals surface area contributed by atoms with Crippen molar-refractivity contribution in [1.82, 2.24) is 10.2 Å². The molecule has 0 aromatic heterocycles. The van der Waals surface area contributed by atoms with E-state index >= 15 is 0 Å². The highest BCUT2D eigenvalue weighted by molar-refractivity contribution is 7.92. The van der Waals surface area contributed by atoms with Crippen LogP contribution in [-0.2, 0) is 26.2 Å². The molecule has 0 spiro atoms. The van der Waals surface area contributed by atoms with Crippen molar-refractivity contribution in [3.05, 3.63) is 94.5 Å². The fourth-order valence-corrected chi connectivity index (χ4v) is 5.68. The zero-order valence-electron chi connectivity index (χ0n) is 21.3. The van der Waals surface area contributed by atoms with Gasteiger partial charge in [0, 0.05) is 23.1 Å². The molecule has 10 heteroatoms. The summed E-state index contributed by atoms with van der Waals surface area (Å²) in [5.74, 6) is -0.807. The van der Waals surface area contributed by atoms with Gasteiger partial charge in [0.1, 0.15) is 12.6 Å². The van der Waals surface area contributed by atoms with Gasteiger partial charge in [0.25, 0.3) is 10.0 Å². The monoisotopic (exact) mass is 575 g/mol. The van der Waals surface area contributed by atoms with Gasteiger partial charge < -0.3 is 10.2 Å². The molecule has 0 bridgehead atoms. The molecule has 0 fully saturated rings. The minimum Gasteiger partial charge on any atom is -0.354 e. The van der Waals surface area contributed by atoms with Crippen LogP contribution in [0.4, 0.5) is 5.69 Å². The maximum atomic E-state index is 13.9. The Kier molecular flexibility index (Phi) is 10.6. The molecular weight excluding hydrogens is 545 g/mol. The average molecular weight is 577 g/mol. The fraction of sp³-hybridized carbons (Fsp3) is 0.286. The molecule has 0 aliphatic rings. The number of rotatable bonds is 12. The van der Waals surface area contributed by atoms with Crippen molar-refractivity contribution in [2.45, 2.75) is 44.2 Å². The van der Waals surface area contributed by atoms with Crippen LogP contribution in [0.25, 0.3) is 0 Å². The number of halogens is 2. The highest BCUT2D eigenvalue weighted by Gasteiger charge is 2.33. The Morgan fingerprint density at radius 2 is 1.58 bits per heavy atom. The SMILES string of the molecule is CCCNC(=O)C(CC)N(Cc1ccccc1)C(=O)CN(c1cccc(Cl)c1)S(=O)(=O)c1ccc(Cl)cc1. The minimum absolute atomic E-state index is 0.0305. The van der Waals surface area contributed by atoms with Crippen molar-refractivity contribution in [2.75, 3.05) is 17.4 Å². The Morgan fingerprint density at radius 1 is 0.895 bits per heavy atom. The maximum absolute atomic E-state index is 13.9. The number of carbonyl (C=O) groups is 2. The molecule has 3 aromatic rings. The second kappa shape index (κ2) is 13.6. The number of anilines is 1. The van der Waals surface area contributed by atoms with Crippen LogP contribution in [0.3, 0.4) is 0 Å². The Hall–Kier alpha value is -3.07. The van der Waals surface area contributed by atoms with Crippen LogP contribution >= 0.6 is 23.2 Å². The summed E-state index contributed by atoms with van der Waals surface area (Å²) in [5.41, 5.74) is 1.04. The van der Waals surface area contributed by atoms with Crippen LogP contribution in [0.1, 0.15) is 32.3 Å². The lowest BCUT2D eigenvalue weighted by molar-refractivity contribution is -0.140. The normalized spacial score (nSPS) is 12.0. The van der Waals surface area contributed by atoms with Crippen LogP contribution in [-0.4, -0.2) is 44.3 Å². The standard InChI is InChI=1S/C28H31Cl2N3O4S/c1-3-17-31-28(35)26(4-2)32(19-21-9-6-5-7-10-21)27(34)20-33(24-12-8-11-23(30)18-24)38(36,37)25-15-13-22(29)14-16-25/h5-16,18,26H,3-4,17,19-20H2,1-2H3,(H,31,35). The van der Waals surface area contributed by atoms with E-state index < -0.39 is 28.5 Å². The van der Waals surface area contributed by atoms with Gasteiger partial charge in [-0.05, 0) is 60.9 Å². The molecular formula is C28H31Cl2N3O4S. The molecule has 0 saturated heterocycles. The largest absolute Gasteiger partial charge is 0.354 e. The molecule has 3 rings (SSSR count). The van der Waals surface area contributed by atoms with Crippen LogP contribution in [0.5, 0.6) is 0 Å². The molecule has 3 aromatic carbocycles. The topological polar surface area (TPSA) is 86.8 Å². The predicted octanol–water partition coefficient (Wildman–Crippen LogP) is 5.52. The van der Waals surface area contributed by atoms with E-state index in [2.05, 4.69) is 5.32 Å². The van der Waals surface area contributed by atoms with E-state index in [1.807, 2.05) is 44.2 Å². The predicted molar refractivity (Wildman–Crippen MR) is 152 cm³/mol. The van der Waals surface area contributed by atoms with Gasteiger partial charge >= 0.3 is 0 Å². The highest BCUT2D eigenvalue weighted by Crippen LogP contribution is 2.27. The molecule has 0 aliphatic heterocycles. The van der Waals surface area contributed by atoms with E-state index in [0.29, 0.717) is 23.0 Å². The number of nitrogens with zero attached hydrogens (tertiary/aromatic N) is 2. The summed E-state index contributed by atoms with van der Waals surface area (Å²) in [6, 6.07) is 20.5. The zero-order valence-corrected chi connectivity index (χ0v) is 23.6. The number of nitrogens with one attached hydrogen (secondary N) is 1. The Balaban J connectivity index is 2.04. The second-order valence-electron chi connectivity index (χ2n) is 8.67. The first-order valence-corrected chi connectivity index (χ1v) is 14.5. The molecule has 0 aliphatic carbocycles. The van der Waals surface area contributed by atoms with Crippen molar-refractivity contribution in [1.29, 1.82) is 0 Å². The first-order valence-electron chi connectivity index (χ1n) is 12.3. The lowest BCUT2D eigenvalue weighted by atomic mass is 10.1. The second-order valence-corrected chi connectivity index (χ2v) is 11.4. The number of hydrogen-bond acceptors (Lipinski definition) is 4. The summed E-state index contributed by atoms with van der Waals surface area (Å²) in [4.78, 5) is 28.4. The molecule has 38 heavy (non-hydrogen) atoms. The Morgan fingerprint density at radius 3 is 2.18 bits per heavy atom. The fourth-order valence-electron chi connectivity index (χ4n) is 3.96. The number of amides is 2. The van der Waals surface area contributed by atoms with Gasteiger partial charge in [-0.2, -0.15) is 0 Å². The van der Waals surface area contributed by atoms with Crippen LogP contribution < -0.4 is 9.62 Å². The molecule has 1 unspecified atom stereocenters. The first kappa shape index (κ1) is 29.5. The van der Waals surface area contributed by atoms with Crippen molar-refractivity contribution >= 4 is 50.7 Å². The zero-order chi connectivity index (χ0) is 27.7. The van der Waals surface area contributed by atoms with E-state index in [0.717, 1.165) is 16.3 Å².